The highest BCUT2D eigenvalue weighted by molar-refractivity contribution is 5.80. The lowest BCUT2D eigenvalue weighted by atomic mass is 10.2. The molecule has 0 saturated heterocycles. The Bertz CT molecular complexity index is 1100. The summed E-state index contributed by atoms with van der Waals surface area (Å²) in [5.41, 5.74) is 2.45. The zero-order valence-electron chi connectivity index (χ0n) is 12.4. The summed E-state index contributed by atoms with van der Waals surface area (Å²) in [5.74, 6) is -0.491. The maximum atomic E-state index is 13.7. The van der Waals surface area contributed by atoms with Crippen molar-refractivity contribution in [2.24, 2.45) is 0 Å². The zero-order valence-corrected chi connectivity index (χ0v) is 12.4. The van der Waals surface area contributed by atoms with Gasteiger partial charge in [-0.25, -0.2) is 9.37 Å². The van der Waals surface area contributed by atoms with Crippen LogP contribution in [0.3, 0.4) is 0 Å². The second kappa shape index (κ2) is 5.01. The first kappa shape index (κ1) is 13.6. The third kappa shape index (κ3) is 2.28. The van der Waals surface area contributed by atoms with Crippen LogP contribution in [0.1, 0.15) is 11.3 Å². The van der Waals surface area contributed by atoms with Gasteiger partial charge in [0.25, 0.3) is 5.56 Å². The van der Waals surface area contributed by atoms with Gasteiger partial charge in [0.15, 0.2) is 0 Å². The van der Waals surface area contributed by atoms with Crippen molar-refractivity contribution < 1.29 is 4.39 Å². The minimum Gasteiger partial charge on any atom is -0.309 e. The molecule has 0 saturated carbocycles. The minimum absolute atomic E-state index is 0.270. The van der Waals surface area contributed by atoms with E-state index in [1.54, 1.807) is 12.3 Å². The first-order valence-electron chi connectivity index (χ1n) is 7.19. The van der Waals surface area contributed by atoms with Crippen molar-refractivity contribution >= 4 is 16.4 Å². The molecule has 114 valence electrons. The molecule has 0 radical (unpaired) electrons. The first-order chi connectivity index (χ1) is 11.1. The van der Waals surface area contributed by atoms with Crippen molar-refractivity contribution in [3.8, 4) is 0 Å². The molecule has 6 heteroatoms. The van der Waals surface area contributed by atoms with Gasteiger partial charge in [-0.15, -0.1) is 0 Å². The van der Waals surface area contributed by atoms with Gasteiger partial charge < -0.3 is 8.97 Å². The summed E-state index contributed by atoms with van der Waals surface area (Å²) in [4.78, 5) is 20.7. The van der Waals surface area contributed by atoms with Crippen LogP contribution in [0.5, 0.6) is 0 Å². The van der Waals surface area contributed by atoms with E-state index in [0.717, 1.165) is 23.1 Å². The van der Waals surface area contributed by atoms with Crippen molar-refractivity contribution in [1.29, 1.82) is 0 Å². The number of aromatic nitrogens is 4. The lowest BCUT2D eigenvalue weighted by molar-refractivity contribution is 0.632. The number of pyridine rings is 3. The number of halogens is 1. The van der Waals surface area contributed by atoms with Gasteiger partial charge in [0.1, 0.15) is 11.5 Å². The van der Waals surface area contributed by atoms with E-state index >= 15 is 0 Å². The average Bonchev–Trinajstić information content (AvgIpc) is 2.92. The zero-order chi connectivity index (χ0) is 16.0. The molecule has 5 nitrogen and oxygen atoms in total. The molecule has 0 spiro atoms. The van der Waals surface area contributed by atoms with Gasteiger partial charge in [0, 0.05) is 30.2 Å². The molecule has 4 rings (SSSR count). The van der Waals surface area contributed by atoms with E-state index < -0.39 is 5.82 Å². The fraction of sp³-hybridized carbons (Fsp3) is 0.118. The Hall–Kier alpha value is -3.02. The van der Waals surface area contributed by atoms with Gasteiger partial charge in [0.2, 0.25) is 0 Å². The largest absolute Gasteiger partial charge is 0.309 e. The number of aryl methyl sites for hydroxylation is 1. The molecule has 0 aliphatic rings. The minimum atomic E-state index is -0.491. The monoisotopic (exact) mass is 308 g/mol. The van der Waals surface area contributed by atoms with Gasteiger partial charge in [-0.3, -0.25) is 9.78 Å². The Kier molecular flexibility index (Phi) is 2.97. The molecule has 23 heavy (non-hydrogen) atoms. The van der Waals surface area contributed by atoms with E-state index in [1.807, 2.05) is 35.9 Å². The number of fused-ring (bicyclic) bond motifs is 2. The summed E-state index contributed by atoms with van der Waals surface area (Å²) in [7, 11) is 0. The number of rotatable bonds is 2. The van der Waals surface area contributed by atoms with E-state index in [1.165, 1.54) is 10.8 Å². The molecule has 0 amide bonds. The molecule has 0 aromatic carbocycles. The Labute approximate surface area is 130 Å². The molecular weight excluding hydrogens is 295 g/mol. The third-order valence-corrected chi connectivity index (χ3v) is 3.83. The Morgan fingerprint density at radius 2 is 2.00 bits per heavy atom. The van der Waals surface area contributed by atoms with Crippen molar-refractivity contribution in [3.63, 3.8) is 0 Å². The summed E-state index contributed by atoms with van der Waals surface area (Å²) < 4.78 is 17.1. The number of hydrogen-bond donors (Lipinski definition) is 0. The lowest BCUT2D eigenvalue weighted by Gasteiger charge is -2.05. The second-order valence-electron chi connectivity index (χ2n) is 5.54. The van der Waals surface area contributed by atoms with Crippen molar-refractivity contribution in [3.05, 3.63) is 76.6 Å². The number of nitrogens with zero attached hydrogens (tertiary/aromatic N) is 4. The highest BCUT2D eigenvalue weighted by Gasteiger charge is 2.09. The lowest BCUT2D eigenvalue weighted by Crippen LogP contribution is -2.20. The van der Waals surface area contributed by atoms with Crippen LogP contribution in [0.2, 0.25) is 0 Å². The average molecular weight is 308 g/mol. The summed E-state index contributed by atoms with van der Waals surface area (Å²) in [6, 6.07) is 5.51. The van der Waals surface area contributed by atoms with Crippen molar-refractivity contribution in [2.45, 2.75) is 13.5 Å². The summed E-state index contributed by atoms with van der Waals surface area (Å²) >= 11 is 0. The third-order valence-electron chi connectivity index (χ3n) is 3.83. The van der Waals surface area contributed by atoms with Crippen molar-refractivity contribution in [1.82, 2.24) is 18.9 Å². The molecule has 0 aliphatic heterocycles. The molecule has 4 aromatic heterocycles. The quantitative estimate of drug-likeness (QED) is 0.572. The van der Waals surface area contributed by atoms with Gasteiger partial charge in [-0.1, -0.05) is 6.07 Å². The Morgan fingerprint density at radius 1 is 1.13 bits per heavy atom. The second-order valence-corrected chi connectivity index (χ2v) is 5.54. The van der Waals surface area contributed by atoms with Crippen molar-refractivity contribution in [2.75, 3.05) is 0 Å². The van der Waals surface area contributed by atoms with Gasteiger partial charge in [0.05, 0.1) is 23.8 Å². The van der Waals surface area contributed by atoms with E-state index in [9.17, 15) is 9.18 Å². The molecular formula is C17H13FN4O. The van der Waals surface area contributed by atoms with Crippen LogP contribution >= 0.6 is 0 Å². The maximum Gasteiger partial charge on any atom is 0.260 e. The van der Waals surface area contributed by atoms with Crippen LogP contribution in [0, 0.1) is 12.7 Å². The molecule has 0 aliphatic carbocycles. The standard InChI is InChI=1S/C17H13FN4O/c1-11-2-3-16-20-12(10-22(16)8-11)9-21-5-4-13-14(17(21)23)6-19-7-15(13)18/h2-8,10H,9H2,1H3. The summed E-state index contributed by atoms with van der Waals surface area (Å²) in [6.07, 6.45) is 7.96. The highest BCUT2D eigenvalue weighted by Crippen LogP contribution is 2.13. The summed E-state index contributed by atoms with van der Waals surface area (Å²) in [6.45, 7) is 2.33. The topological polar surface area (TPSA) is 52.2 Å². The summed E-state index contributed by atoms with van der Waals surface area (Å²) in [5, 5.41) is 0.555. The fourth-order valence-corrected chi connectivity index (χ4v) is 2.70. The first-order valence-corrected chi connectivity index (χ1v) is 7.19. The maximum absolute atomic E-state index is 13.7. The van der Waals surface area contributed by atoms with Crippen LogP contribution < -0.4 is 5.56 Å². The van der Waals surface area contributed by atoms with Crippen LogP contribution in [0.15, 0.2) is 54.0 Å². The predicted molar refractivity (Wildman–Crippen MR) is 85.0 cm³/mol. The van der Waals surface area contributed by atoms with E-state index in [-0.39, 0.29) is 16.3 Å². The van der Waals surface area contributed by atoms with E-state index in [2.05, 4.69) is 9.97 Å². The molecule has 0 atom stereocenters. The molecule has 0 bridgehead atoms. The Balaban J connectivity index is 1.79. The SMILES string of the molecule is Cc1ccc2nc(Cn3ccc4c(F)cncc4c3=O)cn2c1. The van der Waals surface area contributed by atoms with Crippen LogP contribution in [-0.2, 0) is 6.54 Å². The number of imidazole rings is 1. The molecule has 0 N–H and O–H groups in total. The predicted octanol–water partition coefficient (Wildman–Crippen LogP) is 2.54. The van der Waals surface area contributed by atoms with Crippen LogP contribution in [0.25, 0.3) is 16.4 Å². The molecule has 0 unspecified atom stereocenters. The smallest absolute Gasteiger partial charge is 0.260 e. The van der Waals surface area contributed by atoms with Gasteiger partial charge in [-0.05, 0) is 24.6 Å². The molecule has 0 fully saturated rings. The van der Waals surface area contributed by atoms with E-state index in [0.29, 0.717) is 6.54 Å². The van der Waals surface area contributed by atoms with E-state index in [4.69, 9.17) is 0 Å². The highest BCUT2D eigenvalue weighted by atomic mass is 19.1. The number of hydrogen-bond acceptors (Lipinski definition) is 3. The molecule has 4 heterocycles. The van der Waals surface area contributed by atoms with Gasteiger partial charge in [-0.2, -0.15) is 0 Å². The van der Waals surface area contributed by atoms with Crippen LogP contribution in [-0.4, -0.2) is 18.9 Å². The van der Waals surface area contributed by atoms with Crippen LogP contribution in [0.4, 0.5) is 4.39 Å². The molecule has 4 aromatic rings. The fourth-order valence-electron chi connectivity index (χ4n) is 2.70. The Morgan fingerprint density at radius 3 is 2.87 bits per heavy atom. The van der Waals surface area contributed by atoms with Gasteiger partial charge >= 0.3 is 0 Å². The normalized spacial score (nSPS) is 11.4.